The molecule has 1 heterocycles. The molecule has 1 aliphatic heterocycles. The van der Waals surface area contributed by atoms with Gasteiger partial charge >= 0.3 is 14.2 Å². The Labute approximate surface area is 300 Å². The van der Waals surface area contributed by atoms with Gasteiger partial charge in [-0.15, -0.1) is 0 Å². The minimum absolute atomic E-state index is 0.148. The molecule has 0 saturated carbocycles. The zero-order valence-electron chi connectivity index (χ0n) is 30.6. The third-order valence-electron chi connectivity index (χ3n) is 9.66. The van der Waals surface area contributed by atoms with Gasteiger partial charge in [0.1, 0.15) is 0 Å². The highest BCUT2D eigenvalue weighted by Gasteiger charge is 2.54. The minimum Gasteiger partial charge on any atom is -0.410 e. The average molecular weight is 700 g/mol. The van der Waals surface area contributed by atoms with Gasteiger partial charge in [0.25, 0.3) is 11.8 Å². The molecule has 0 bridgehead atoms. The quantitative estimate of drug-likeness (QED) is 0.153. The molecule has 14 heteroatoms. The molecule has 4 rings (SSSR count). The Kier molecular flexibility index (Phi) is 12.7. The summed E-state index contributed by atoms with van der Waals surface area (Å²) in [4.78, 5) is 50.4. The van der Waals surface area contributed by atoms with Crippen LogP contribution in [0.1, 0.15) is 94.0 Å². The van der Waals surface area contributed by atoms with Crippen molar-refractivity contribution in [1.29, 1.82) is 0 Å². The van der Waals surface area contributed by atoms with E-state index in [0.29, 0.717) is 24.0 Å². The lowest BCUT2D eigenvalue weighted by molar-refractivity contribution is -0.119. The SMILES string of the molecule is CCOB(OC(C)(CC)Cc1ccc2cc(C(=O)N[C@@H](CC(N)=O)B3OC(C)(C)C(C)(C)O3)ccc2c1)[C@H](CC(N)=O)NC(=O)c1ccccc1. The van der Waals surface area contributed by atoms with Crippen LogP contribution in [0.4, 0.5) is 0 Å². The van der Waals surface area contributed by atoms with E-state index in [2.05, 4.69) is 10.6 Å². The van der Waals surface area contributed by atoms with Crippen LogP contribution in [-0.4, -0.2) is 73.2 Å². The van der Waals surface area contributed by atoms with E-state index >= 15 is 0 Å². The largest absolute Gasteiger partial charge is 0.482 e. The Morgan fingerprint density at radius 1 is 0.824 bits per heavy atom. The first-order valence-electron chi connectivity index (χ1n) is 17.4. The van der Waals surface area contributed by atoms with E-state index in [-0.39, 0.29) is 31.3 Å². The molecule has 6 N–H and O–H groups in total. The molecule has 3 atom stereocenters. The molecule has 0 spiro atoms. The van der Waals surface area contributed by atoms with Crippen molar-refractivity contribution in [3.63, 3.8) is 0 Å². The number of primary amides is 2. The molecule has 51 heavy (non-hydrogen) atoms. The Bertz CT molecular complexity index is 1710. The maximum absolute atomic E-state index is 13.4. The van der Waals surface area contributed by atoms with Gasteiger partial charge in [0.2, 0.25) is 11.8 Å². The number of nitrogens with one attached hydrogen (secondary N) is 2. The third kappa shape index (κ3) is 10.2. The van der Waals surface area contributed by atoms with Crippen LogP contribution in [0.3, 0.4) is 0 Å². The predicted octanol–water partition coefficient (Wildman–Crippen LogP) is 3.91. The van der Waals surface area contributed by atoms with Crippen LogP contribution in [0.5, 0.6) is 0 Å². The van der Waals surface area contributed by atoms with Gasteiger partial charge in [-0.25, -0.2) is 0 Å². The normalized spacial score (nSPS) is 17.3. The number of nitrogens with two attached hydrogens (primary N) is 2. The molecule has 1 fully saturated rings. The summed E-state index contributed by atoms with van der Waals surface area (Å²) in [5.41, 5.74) is 10.9. The number of carbonyl (C=O) groups is 4. The van der Waals surface area contributed by atoms with Gasteiger partial charge in [0.15, 0.2) is 0 Å². The molecule has 0 radical (unpaired) electrons. The Morgan fingerprint density at radius 2 is 1.41 bits per heavy atom. The van der Waals surface area contributed by atoms with Crippen LogP contribution in [0.2, 0.25) is 0 Å². The van der Waals surface area contributed by atoms with Crippen LogP contribution < -0.4 is 22.1 Å². The standard InChI is InChI=1S/C37H50B2N4O8/c1-8-37(7,51-38(48-9-2)29(21-31(40)44)42-33(46)25-13-11-10-12-14-25)23-24-15-16-27-20-28(18-17-26(27)19-24)34(47)43-30(22-32(41)45)39-49-35(3,4)36(5,6)50-39/h10-20,29-30H,8-9,21-23H2,1-7H3,(H2,40,44)(H2,41,45)(H,42,46)(H,43,47)/t29-,30-,37?/m0/s1. The molecule has 4 amide bonds. The summed E-state index contributed by atoms with van der Waals surface area (Å²) in [5, 5.41) is 7.52. The number of amides is 4. The van der Waals surface area contributed by atoms with Gasteiger partial charge in [0, 0.05) is 30.6 Å². The van der Waals surface area contributed by atoms with Crippen molar-refractivity contribution in [2.45, 2.75) is 103 Å². The fourth-order valence-corrected chi connectivity index (χ4v) is 5.92. The Morgan fingerprint density at radius 3 is 2.00 bits per heavy atom. The molecule has 1 saturated heterocycles. The fraction of sp³-hybridized carbons (Fsp3) is 0.459. The topological polar surface area (TPSA) is 181 Å². The number of rotatable bonds is 17. The minimum atomic E-state index is -0.947. The molecular formula is C37H50B2N4O8. The maximum Gasteiger partial charge on any atom is 0.482 e. The average Bonchev–Trinajstić information content (AvgIpc) is 3.29. The molecule has 0 aliphatic carbocycles. The molecule has 0 aromatic heterocycles. The molecular weight excluding hydrogens is 650 g/mol. The van der Waals surface area contributed by atoms with E-state index in [0.717, 1.165) is 16.3 Å². The van der Waals surface area contributed by atoms with Crippen LogP contribution in [-0.2, 0) is 34.6 Å². The van der Waals surface area contributed by atoms with Crippen molar-refractivity contribution < 1.29 is 37.8 Å². The number of hydrogen-bond acceptors (Lipinski definition) is 8. The van der Waals surface area contributed by atoms with Gasteiger partial charge in [-0.3, -0.25) is 19.2 Å². The number of hydrogen-bond donors (Lipinski definition) is 4. The summed E-state index contributed by atoms with van der Waals surface area (Å²) in [6, 6.07) is 20.0. The highest BCUT2D eigenvalue weighted by Crippen LogP contribution is 2.38. The van der Waals surface area contributed by atoms with Gasteiger partial charge in [0.05, 0.1) is 28.7 Å². The van der Waals surface area contributed by atoms with Crippen LogP contribution in [0.25, 0.3) is 10.8 Å². The smallest absolute Gasteiger partial charge is 0.410 e. The lowest BCUT2D eigenvalue weighted by Gasteiger charge is -2.35. The number of carbonyl (C=O) groups excluding carboxylic acids is 4. The first-order valence-corrected chi connectivity index (χ1v) is 17.4. The molecule has 272 valence electrons. The van der Waals surface area contributed by atoms with E-state index in [1.54, 1.807) is 36.4 Å². The summed E-state index contributed by atoms with van der Waals surface area (Å²) >= 11 is 0. The zero-order chi connectivity index (χ0) is 37.6. The van der Waals surface area contributed by atoms with Crippen LogP contribution in [0, 0.1) is 0 Å². The second-order valence-electron chi connectivity index (χ2n) is 14.3. The first kappa shape index (κ1) is 39.6. The monoisotopic (exact) mass is 700 g/mol. The van der Waals surface area contributed by atoms with Crippen molar-refractivity contribution in [2.24, 2.45) is 11.5 Å². The van der Waals surface area contributed by atoms with Crippen molar-refractivity contribution in [2.75, 3.05) is 6.61 Å². The highest BCUT2D eigenvalue weighted by atomic mass is 16.7. The van der Waals surface area contributed by atoms with Crippen molar-refractivity contribution in [3.05, 3.63) is 83.4 Å². The molecule has 12 nitrogen and oxygen atoms in total. The predicted molar refractivity (Wildman–Crippen MR) is 197 cm³/mol. The molecule has 3 aromatic rings. The lowest BCUT2D eigenvalue weighted by atomic mass is 9.73. The fourth-order valence-electron chi connectivity index (χ4n) is 5.92. The maximum atomic E-state index is 13.4. The lowest BCUT2D eigenvalue weighted by Crippen LogP contribution is -2.54. The first-order chi connectivity index (χ1) is 24.0. The second-order valence-corrected chi connectivity index (χ2v) is 14.3. The Hall–Kier alpha value is -4.23. The number of fused-ring (bicyclic) bond motifs is 1. The van der Waals surface area contributed by atoms with Crippen molar-refractivity contribution in [1.82, 2.24) is 10.6 Å². The van der Waals surface area contributed by atoms with Crippen molar-refractivity contribution >= 4 is 48.6 Å². The molecule has 3 aromatic carbocycles. The summed E-state index contributed by atoms with van der Waals surface area (Å²) in [6.07, 6.45) is 0.766. The number of benzene rings is 3. The van der Waals surface area contributed by atoms with Crippen molar-refractivity contribution in [3.8, 4) is 0 Å². The summed E-state index contributed by atoms with van der Waals surface area (Å²) < 4.78 is 24.7. The van der Waals surface area contributed by atoms with E-state index in [1.807, 2.05) is 78.8 Å². The van der Waals surface area contributed by atoms with Gasteiger partial charge in [-0.2, -0.15) is 0 Å². The van der Waals surface area contributed by atoms with Gasteiger partial charge < -0.3 is 40.7 Å². The highest BCUT2D eigenvalue weighted by molar-refractivity contribution is 6.48. The Balaban J connectivity index is 1.50. The summed E-state index contributed by atoms with van der Waals surface area (Å²) in [7, 11) is -1.80. The zero-order valence-corrected chi connectivity index (χ0v) is 30.6. The van der Waals surface area contributed by atoms with Gasteiger partial charge in [-0.1, -0.05) is 49.4 Å². The van der Waals surface area contributed by atoms with E-state index in [9.17, 15) is 19.2 Å². The molecule has 1 aliphatic rings. The van der Waals surface area contributed by atoms with Crippen LogP contribution in [0.15, 0.2) is 66.7 Å². The van der Waals surface area contributed by atoms with E-state index in [1.165, 1.54) is 0 Å². The van der Waals surface area contributed by atoms with E-state index < -0.39 is 54.7 Å². The van der Waals surface area contributed by atoms with E-state index in [4.69, 9.17) is 30.1 Å². The summed E-state index contributed by atoms with van der Waals surface area (Å²) in [5.74, 6) is -3.55. The van der Waals surface area contributed by atoms with Crippen LogP contribution >= 0.6 is 0 Å². The summed E-state index contributed by atoms with van der Waals surface area (Å²) in [6.45, 7) is 13.6. The third-order valence-corrected chi connectivity index (χ3v) is 9.66. The molecule has 1 unspecified atom stereocenters. The second kappa shape index (κ2) is 16.4. The van der Waals surface area contributed by atoms with Gasteiger partial charge in [-0.05, 0) is 95.0 Å².